The standard InChI is InChI=1S/C23H29.C5H5.C3H6.2ClH.Zr/c1-14-9-16-11-17-10-15(2)21(23(6,7)8)13-19(17)18(16)12-20(14)22(3,4)5;1-2-4-5-3-1;1-3-2;;;/h9,12-13H,11H2,1-8H3;1-3H,4H2;1-2H3;2*1H;/q2*-1;;;;+2/p-2. The van der Waals surface area contributed by atoms with E-state index in [9.17, 15) is 0 Å². The van der Waals surface area contributed by atoms with Gasteiger partial charge in [-0.25, -0.2) is 12.2 Å². The number of benzene rings is 2. The van der Waals surface area contributed by atoms with Crippen molar-refractivity contribution in [3.8, 4) is 11.1 Å². The molecule has 0 saturated carbocycles. The molecule has 4 rings (SSSR count). The summed E-state index contributed by atoms with van der Waals surface area (Å²) in [5.74, 6) is 0. The van der Waals surface area contributed by atoms with E-state index in [0.29, 0.717) is 0 Å². The minimum absolute atomic E-state index is 0. The van der Waals surface area contributed by atoms with Crippen molar-refractivity contribution in [2.24, 2.45) is 0 Å². The summed E-state index contributed by atoms with van der Waals surface area (Å²) < 4.78 is 1.51. The summed E-state index contributed by atoms with van der Waals surface area (Å²) in [6, 6.07) is 10.9. The Labute approximate surface area is 236 Å². The zero-order valence-corrected chi connectivity index (χ0v) is 26.6. The molecule has 0 spiro atoms. The number of aryl methyl sites for hydroxylation is 2. The maximum absolute atomic E-state index is 3.69. The van der Waals surface area contributed by atoms with Crippen molar-refractivity contribution in [1.82, 2.24) is 0 Å². The molecule has 0 amide bonds. The summed E-state index contributed by atoms with van der Waals surface area (Å²) in [6.07, 6.45) is 11.0. The van der Waals surface area contributed by atoms with Crippen molar-refractivity contribution in [1.29, 1.82) is 0 Å². The van der Waals surface area contributed by atoms with Gasteiger partial charge in [-0.3, -0.25) is 6.08 Å². The Balaban J connectivity index is 0.000000840. The fourth-order valence-electron chi connectivity index (χ4n) is 4.36. The predicted octanol–water partition coefficient (Wildman–Crippen LogP) is 2.33. The maximum Gasteiger partial charge on any atom is -0.0129 e. The van der Waals surface area contributed by atoms with E-state index in [0.717, 1.165) is 12.8 Å². The second-order valence-electron chi connectivity index (χ2n) is 11.2. The summed E-state index contributed by atoms with van der Waals surface area (Å²) in [5, 5.41) is 0. The summed E-state index contributed by atoms with van der Waals surface area (Å²) in [7, 11) is 0. The average molecular weight is 575 g/mol. The fourth-order valence-corrected chi connectivity index (χ4v) is 4.36. The molecule has 2 aromatic carbocycles. The van der Waals surface area contributed by atoms with Gasteiger partial charge in [-0.05, 0) is 35.4 Å². The van der Waals surface area contributed by atoms with Crippen molar-refractivity contribution in [3.63, 3.8) is 0 Å². The van der Waals surface area contributed by atoms with Crippen LogP contribution in [0.15, 0.2) is 36.4 Å². The van der Waals surface area contributed by atoms with Crippen LogP contribution in [0.3, 0.4) is 0 Å². The number of hydrogen-bond acceptors (Lipinski definition) is 0. The molecule has 0 N–H and O–H groups in total. The topological polar surface area (TPSA) is 0 Å². The monoisotopic (exact) mass is 572 g/mol. The molecule has 0 unspecified atom stereocenters. The molecule has 3 heteroatoms. The molecule has 34 heavy (non-hydrogen) atoms. The molecule has 0 aliphatic heterocycles. The molecule has 0 fully saturated rings. The van der Waals surface area contributed by atoms with Crippen molar-refractivity contribution < 1.29 is 49.0 Å². The van der Waals surface area contributed by atoms with Gasteiger partial charge in [0.05, 0.1) is 0 Å². The second kappa shape index (κ2) is 13.5. The SMILES string of the molecule is C[C](C)=[Zr+2].Cc1[c-]c2c(cc1C(C)(C)C)-c1cc(C(C)(C)C)c(C)cc1C2.[C-]1=CC=CC1.[Cl-].[Cl-]. The average Bonchev–Trinajstić information content (AvgIpc) is 3.28. The first-order valence-electron chi connectivity index (χ1n) is 11.7. The number of hydrogen-bond donors (Lipinski definition) is 0. The molecule has 0 aromatic heterocycles. The van der Waals surface area contributed by atoms with Crippen LogP contribution < -0.4 is 24.8 Å². The minimum Gasteiger partial charge on any atom is -1.00 e. The number of rotatable bonds is 0. The fraction of sp³-hybridized carbons (Fsp3) is 0.452. The number of fused-ring (bicyclic) bond motifs is 3. The minimum atomic E-state index is 0. The molecule has 184 valence electrons. The van der Waals surface area contributed by atoms with Crippen LogP contribution in [0, 0.1) is 26.0 Å². The molecular formula is C31H40Cl2Zr-2. The van der Waals surface area contributed by atoms with Gasteiger partial charge in [-0.1, -0.05) is 71.6 Å². The zero-order valence-electron chi connectivity index (χ0n) is 22.6. The largest absolute Gasteiger partial charge is 1.00 e. The summed E-state index contributed by atoms with van der Waals surface area (Å²) in [4.78, 5) is 0. The normalized spacial score (nSPS) is 12.8. The van der Waals surface area contributed by atoms with Gasteiger partial charge in [-0.2, -0.15) is 23.8 Å². The van der Waals surface area contributed by atoms with Gasteiger partial charge in [0.25, 0.3) is 0 Å². The molecule has 0 nitrogen and oxygen atoms in total. The predicted molar refractivity (Wildman–Crippen MR) is 138 cm³/mol. The van der Waals surface area contributed by atoms with E-state index in [1.165, 1.54) is 47.7 Å². The Morgan fingerprint density at radius 1 is 0.853 bits per heavy atom. The number of halogens is 2. The van der Waals surface area contributed by atoms with Crippen molar-refractivity contribution in [2.75, 3.05) is 0 Å². The van der Waals surface area contributed by atoms with E-state index >= 15 is 0 Å². The van der Waals surface area contributed by atoms with Crippen LogP contribution in [0.25, 0.3) is 11.1 Å². The van der Waals surface area contributed by atoms with Gasteiger partial charge in [-0.15, -0.1) is 23.1 Å². The van der Waals surface area contributed by atoms with Crippen LogP contribution in [0.4, 0.5) is 0 Å². The molecule has 0 bridgehead atoms. The van der Waals surface area contributed by atoms with Crippen LogP contribution in [0.1, 0.15) is 95.2 Å². The van der Waals surface area contributed by atoms with E-state index in [4.69, 9.17) is 0 Å². The first-order valence-corrected chi connectivity index (χ1v) is 12.9. The Morgan fingerprint density at radius 2 is 1.38 bits per heavy atom. The van der Waals surface area contributed by atoms with E-state index in [2.05, 4.69) is 106 Å². The molecule has 2 aromatic rings. The summed E-state index contributed by atoms with van der Waals surface area (Å²) in [5.41, 5.74) is 11.6. The Morgan fingerprint density at radius 3 is 1.79 bits per heavy atom. The van der Waals surface area contributed by atoms with Crippen LogP contribution in [0.5, 0.6) is 0 Å². The smallest absolute Gasteiger partial charge is 0.0129 e. The quantitative estimate of drug-likeness (QED) is 0.362. The molecule has 0 saturated heterocycles. The van der Waals surface area contributed by atoms with Crippen LogP contribution in [-0.2, 0) is 41.5 Å². The van der Waals surface area contributed by atoms with E-state index < -0.39 is 0 Å². The molecule has 2 aliphatic rings. The Hall–Kier alpha value is -0.747. The summed E-state index contributed by atoms with van der Waals surface area (Å²) in [6.45, 7) is 22.5. The van der Waals surface area contributed by atoms with Gasteiger partial charge in [0, 0.05) is 0 Å². The Bertz CT molecular complexity index is 963. The van der Waals surface area contributed by atoms with Gasteiger partial charge < -0.3 is 24.8 Å². The van der Waals surface area contributed by atoms with E-state index in [-0.39, 0.29) is 35.6 Å². The van der Waals surface area contributed by atoms with Gasteiger partial charge in [0.15, 0.2) is 0 Å². The van der Waals surface area contributed by atoms with Gasteiger partial charge in [0.2, 0.25) is 0 Å². The van der Waals surface area contributed by atoms with Crippen molar-refractivity contribution in [3.05, 3.63) is 82.0 Å². The van der Waals surface area contributed by atoms with Crippen molar-refractivity contribution in [2.45, 2.75) is 92.9 Å². The third-order valence-electron chi connectivity index (χ3n) is 5.67. The third kappa shape index (κ3) is 9.04. The molecule has 0 heterocycles. The van der Waals surface area contributed by atoms with Gasteiger partial charge >= 0.3 is 41.3 Å². The second-order valence-corrected chi connectivity index (χ2v) is 13.7. The summed E-state index contributed by atoms with van der Waals surface area (Å²) >= 11 is 1.55. The van der Waals surface area contributed by atoms with Crippen LogP contribution >= 0.6 is 0 Å². The van der Waals surface area contributed by atoms with Crippen LogP contribution in [0.2, 0.25) is 0 Å². The van der Waals surface area contributed by atoms with Crippen molar-refractivity contribution >= 4 is 3.21 Å². The molecular weight excluding hydrogens is 534 g/mol. The third-order valence-corrected chi connectivity index (χ3v) is 5.67. The van der Waals surface area contributed by atoms with Gasteiger partial charge in [0.1, 0.15) is 0 Å². The first kappa shape index (κ1) is 33.3. The Kier molecular flexibility index (Phi) is 13.2. The van der Waals surface area contributed by atoms with E-state index in [1.54, 1.807) is 24.2 Å². The molecule has 0 atom stereocenters. The molecule has 2 aliphatic carbocycles. The van der Waals surface area contributed by atoms with E-state index in [1.807, 2.05) is 12.2 Å². The molecule has 0 radical (unpaired) electrons. The first-order chi connectivity index (χ1) is 14.7. The zero-order chi connectivity index (χ0) is 24.3. The maximum atomic E-state index is 3.69. The number of allylic oxidation sites excluding steroid dienone is 4. The van der Waals surface area contributed by atoms with Crippen LogP contribution in [-0.4, -0.2) is 3.21 Å².